The van der Waals surface area contributed by atoms with Crippen molar-refractivity contribution in [3.63, 3.8) is 0 Å². The van der Waals surface area contributed by atoms with E-state index in [2.05, 4.69) is 25.9 Å². The summed E-state index contributed by atoms with van der Waals surface area (Å²) in [4.78, 5) is 7.98. The topological polar surface area (TPSA) is 120 Å². The summed E-state index contributed by atoms with van der Waals surface area (Å²) in [7, 11) is 0. The van der Waals surface area contributed by atoms with Gasteiger partial charge in [-0.3, -0.25) is 0 Å². The van der Waals surface area contributed by atoms with Gasteiger partial charge >= 0.3 is 0 Å². The van der Waals surface area contributed by atoms with E-state index in [0.29, 0.717) is 33.8 Å². The number of ether oxygens (including phenoxy) is 2. The molecule has 1 heterocycles. The molecule has 2 rings (SSSR count). The third-order valence-electron chi connectivity index (χ3n) is 3.00. The number of hydrogen-bond acceptors (Lipinski definition) is 7. The Hall–Kier alpha value is -2.53. The van der Waals surface area contributed by atoms with Crippen LogP contribution in [0.15, 0.2) is 16.6 Å². The summed E-state index contributed by atoms with van der Waals surface area (Å²) in [6.45, 7) is 6.19. The predicted octanol–water partition coefficient (Wildman–Crippen LogP) is 3.13. The van der Waals surface area contributed by atoms with Gasteiger partial charge in [-0.15, -0.1) is 0 Å². The Bertz CT molecular complexity index is 802. The molecule has 0 unspecified atom stereocenters. The SMILES string of the molecule is CCOc1cc(-c2nc(N)nc(N)c2C#N)cc(Br)c1OC(C)C. The largest absolute Gasteiger partial charge is 0.490 e. The first-order valence-electron chi connectivity index (χ1n) is 7.33. The lowest BCUT2D eigenvalue weighted by Gasteiger charge is -2.17. The lowest BCUT2D eigenvalue weighted by molar-refractivity contribution is 0.222. The van der Waals surface area contributed by atoms with Crippen LogP contribution in [0.2, 0.25) is 0 Å². The highest BCUT2D eigenvalue weighted by molar-refractivity contribution is 9.10. The molecular weight excluding hydrogens is 374 g/mol. The maximum absolute atomic E-state index is 9.35. The number of aromatic nitrogens is 2. The van der Waals surface area contributed by atoms with Crippen molar-refractivity contribution in [3.8, 4) is 28.8 Å². The van der Waals surface area contributed by atoms with E-state index in [1.54, 1.807) is 12.1 Å². The highest BCUT2D eigenvalue weighted by Crippen LogP contribution is 2.41. The number of halogens is 1. The smallest absolute Gasteiger partial charge is 0.222 e. The fraction of sp³-hybridized carbons (Fsp3) is 0.312. The molecule has 0 saturated carbocycles. The zero-order chi connectivity index (χ0) is 17.9. The standard InChI is InChI=1S/C16H18BrN5O2/c1-4-23-12-6-9(5-11(17)14(12)24-8(2)3)13-10(7-18)15(19)22-16(20)21-13/h5-6,8H,4H2,1-3H3,(H4,19,20,21,22). The van der Waals surface area contributed by atoms with Gasteiger partial charge in [-0.05, 0) is 48.8 Å². The van der Waals surface area contributed by atoms with E-state index in [1.165, 1.54) is 0 Å². The van der Waals surface area contributed by atoms with E-state index in [4.69, 9.17) is 20.9 Å². The minimum absolute atomic E-state index is 0.00177. The number of nitrogens with zero attached hydrogens (tertiary/aromatic N) is 3. The Kier molecular flexibility index (Phi) is 5.46. The van der Waals surface area contributed by atoms with Crippen LogP contribution < -0.4 is 20.9 Å². The monoisotopic (exact) mass is 391 g/mol. The summed E-state index contributed by atoms with van der Waals surface area (Å²) in [6.07, 6.45) is -0.0219. The van der Waals surface area contributed by atoms with E-state index >= 15 is 0 Å². The van der Waals surface area contributed by atoms with Crippen LogP contribution in [0, 0.1) is 11.3 Å². The summed E-state index contributed by atoms with van der Waals surface area (Å²) in [5.74, 6) is 1.16. The number of nitriles is 1. The highest BCUT2D eigenvalue weighted by atomic mass is 79.9. The first kappa shape index (κ1) is 17.8. The molecule has 0 spiro atoms. The van der Waals surface area contributed by atoms with Crippen LogP contribution in [0.3, 0.4) is 0 Å². The van der Waals surface area contributed by atoms with Gasteiger partial charge in [-0.25, -0.2) is 4.98 Å². The van der Waals surface area contributed by atoms with E-state index in [9.17, 15) is 5.26 Å². The summed E-state index contributed by atoms with van der Waals surface area (Å²) in [6, 6.07) is 5.54. The van der Waals surface area contributed by atoms with Crippen molar-refractivity contribution in [2.75, 3.05) is 18.1 Å². The first-order chi connectivity index (χ1) is 11.4. The molecule has 0 atom stereocenters. The molecule has 0 fully saturated rings. The molecule has 4 N–H and O–H groups in total. The Morgan fingerprint density at radius 1 is 1.29 bits per heavy atom. The van der Waals surface area contributed by atoms with Gasteiger partial charge in [-0.2, -0.15) is 10.2 Å². The number of hydrogen-bond donors (Lipinski definition) is 2. The molecule has 24 heavy (non-hydrogen) atoms. The zero-order valence-electron chi connectivity index (χ0n) is 13.6. The van der Waals surface area contributed by atoms with E-state index in [-0.39, 0.29) is 23.4 Å². The Labute approximate surface area is 148 Å². The minimum atomic E-state index is -0.0219. The van der Waals surface area contributed by atoms with Crippen LogP contribution in [0.4, 0.5) is 11.8 Å². The molecule has 126 valence electrons. The van der Waals surface area contributed by atoms with Crippen molar-refractivity contribution in [2.24, 2.45) is 0 Å². The molecule has 1 aromatic heterocycles. The molecule has 0 radical (unpaired) electrons. The minimum Gasteiger partial charge on any atom is -0.490 e. The number of anilines is 2. The van der Waals surface area contributed by atoms with Gasteiger partial charge < -0.3 is 20.9 Å². The van der Waals surface area contributed by atoms with Crippen LogP contribution in [0.1, 0.15) is 26.3 Å². The van der Waals surface area contributed by atoms with Gasteiger partial charge in [0.15, 0.2) is 11.5 Å². The second kappa shape index (κ2) is 7.36. The first-order valence-corrected chi connectivity index (χ1v) is 8.13. The summed E-state index contributed by atoms with van der Waals surface area (Å²) >= 11 is 3.48. The van der Waals surface area contributed by atoms with Crippen molar-refractivity contribution < 1.29 is 9.47 Å². The summed E-state index contributed by atoms with van der Waals surface area (Å²) in [5, 5.41) is 9.35. The highest BCUT2D eigenvalue weighted by Gasteiger charge is 2.19. The average Bonchev–Trinajstić information content (AvgIpc) is 2.49. The van der Waals surface area contributed by atoms with Gasteiger partial charge in [0.1, 0.15) is 17.5 Å². The van der Waals surface area contributed by atoms with E-state index in [0.717, 1.165) is 0 Å². The second-order valence-corrected chi connectivity index (χ2v) is 6.04. The summed E-state index contributed by atoms with van der Waals surface area (Å²) in [5.41, 5.74) is 12.6. The third-order valence-corrected chi connectivity index (χ3v) is 3.59. The van der Waals surface area contributed by atoms with Gasteiger partial charge in [0.05, 0.1) is 22.9 Å². The predicted molar refractivity (Wildman–Crippen MR) is 95.6 cm³/mol. The van der Waals surface area contributed by atoms with Gasteiger partial charge in [0.25, 0.3) is 0 Å². The van der Waals surface area contributed by atoms with E-state index in [1.807, 2.05) is 26.8 Å². The lowest BCUT2D eigenvalue weighted by atomic mass is 10.1. The Morgan fingerprint density at radius 2 is 2.00 bits per heavy atom. The molecule has 2 aromatic rings. The normalized spacial score (nSPS) is 10.5. The van der Waals surface area contributed by atoms with Gasteiger partial charge in [0.2, 0.25) is 5.95 Å². The zero-order valence-corrected chi connectivity index (χ0v) is 15.2. The van der Waals surface area contributed by atoms with Gasteiger partial charge in [-0.1, -0.05) is 0 Å². The third kappa shape index (κ3) is 3.68. The van der Waals surface area contributed by atoms with Crippen molar-refractivity contribution in [3.05, 3.63) is 22.2 Å². The maximum atomic E-state index is 9.35. The number of rotatable bonds is 5. The van der Waals surface area contributed by atoms with Crippen LogP contribution >= 0.6 is 15.9 Å². The van der Waals surface area contributed by atoms with Crippen molar-refractivity contribution in [1.82, 2.24) is 9.97 Å². The second-order valence-electron chi connectivity index (χ2n) is 5.19. The fourth-order valence-electron chi connectivity index (χ4n) is 2.13. The molecule has 0 bridgehead atoms. The number of benzene rings is 1. The molecule has 0 amide bonds. The number of nitrogen functional groups attached to an aromatic ring is 2. The molecule has 0 saturated heterocycles. The molecule has 0 aliphatic carbocycles. The maximum Gasteiger partial charge on any atom is 0.222 e. The lowest BCUT2D eigenvalue weighted by Crippen LogP contribution is -2.09. The van der Waals surface area contributed by atoms with Crippen LogP contribution in [0.25, 0.3) is 11.3 Å². The molecular formula is C16H18BrN5O2. The molecule has 8 heteroatoms. The van der Waals surface area contributed by atoms with Crippen LogP contribution in [-0.4, -0.2) is 22.7 Å². The average molecular weight is 392 g/mol. The molecule has 1 aromatic carbocycles. The quantitative estimate of drug-likeness (QED) is 0.802. The van der Waals surface area contributed by atoms with Gasteiger partial charge in [0, 0.05) is 5.56 Å². The van der Waals surface area contributed by atoms with Crippen molar-refractivity contribution >= 4 is 27.7 Å². The summed E-state index contributed by atoms with van der Waals surface area (Å²) < 4.78 is 12.2. The van der Waals surface area contributed by atoms with Crippen molar-refractivity contribution in [2.45, 2.75) is 26.9 Å². The van der Waals surface area contributed by atoms with Crippen LogP contribution in [-0.2, 0) is 0 Å². The molecule has 0 aliphatic heterocycles. The Balaban J connectivity index is 2.67. The number of nitrogens with two attached hydrogens (primary N) is 2. The fourth-order valence-corrected chi connectivity index (χ4v) is 2.67. The van der Waals surface area contributed by atoms with Crippen LogP contribution in [0.5, 0.6) is 11.5 Å². The van der Waals surface area contributed by atoms with E-state index < -0.39 is 0 Å². The molecule has 0 aliphatic rings. The molecule has 7 nitrogen and oxygen atoms in total. The van der Waals surface area contributed by atoms with Crippen molar-refractivity contribution in [1.29, 1.82) is 5.26 Å². The Morgan fingerprint density at radius 3 is 2.58 bits per heavy atom.